The van der Waals surface area contributed by atoms with Crippen LogP contribution in [0.2, 0.25) is 0 Å². The second-order valence-corrected chi connectivity index (χ2v) is 11.3. The molecule has 0 radical (unpaired) electrons. The maximum atomic E-state index is 15.0. The van der Waals surface area contributed by atoms with Crippen LogP contribution in [-0.4, -0.2) is 77.9 Å². The van der Waals surface area contributed by atoms with Gasteiger partial charge in [-0.2, -0.15) is 0 Å². The molecular formula is C33H36F2N4O4. The van der Waals surface area contributed by atoms with E-state index in [4.69, 9.17) is 4.74 Å². The van der Waals surface area contributed by atoms with Crippen LogP contribution in [0.15, 0.2) is 60.8 Å². The fourth-order valence-corrected chi connectivity index (χ4v) is 5.74. The third-order valence-corrected chi connectivity index (χ3v) is 8.34. The number of hydrogen-bond donors (Lipinski definition) is 1. The van der Waals surface area contributed by atoms with Crippen molar-refractivity contribution >= 4 is 17.6 Å². The first kappa shape index (κ1) is 30.3. The molecule has 1 aromatic heterocycles. The molecule has 2 aliphatic heterocycles. The SMILES string of the molecule is COc1ccc(C(=O)C2CCN(C(=O)c3ccc(C(=O)NC4CCN(Cc5ccc(F)c(C)c5)C[C@H]4F)cn3)CC2)cc1. The lowest BCUT2D eigenvalue weighted by atomic mass is 9.88. The molecular weight excluding hydrogens is 554 g/mol. The van der Waals surface area contributed by atoms with Crippen molar-refractivity contribution in [3.8, 4) is 5.75 Å². The Hall–Kier alpha value is -4.18. The Morgan fingerprint density at radius 1 is 0.977 bits per heavy atom. The van der Waals surface area contributed by atoms with E-state index in [1.165, 1.54) is 24.4 Å². The first-order valence-electron chi connectivity index (χ1n) is 14.6. The fraction of sp³-hybridized carbons (Fsp3) is 0.394. The lowest BCUT2D eigenvalue weighted by Crippen LogP contribution is -2.52. The second kappa shape index (κ2) is 13.4. The van der Waals surface area contributed by atoms with E-state index in [0.29, 0.717) is 62.3 Å². The summed E-state index contributed by atoms with van der Waals surface area (Å²) in [5.74, 6) is -0.369. The normalized spacial score (nSPS) is 19.6. The van der Waals surface area contributed by atoms with Gasteiger partial charge in [0.1, 0.15) is 23.4 Å². The summed E-state index contributed by atoms with van der Waals surface area (Å²) >= 11 is 0. The zero-order valence-electron chi connectivity index (χ0n) is 24.4. The number of likely N-dealkylation sites (tertiary alicyclic amines) is 2. The van der Waals surface area contributed by atoms with Gasteiger partial charge in [-0.15, -0.1) is 0 Å². The van der Waals surface area contributed by atoms with Crippen molar-refractivity contribution in [3.05, 3.63) is 94.6 Å². The van der Waals surface area contributed by atoms with Crippen LogP contribution in [0.3, 0.4) is 0 Å². The van der Waals surface area contributed by atoms with Gasteiger partial charge >= 0.3 is 0 Å². The van der Waals surface area contributed by atoms with Gasteiger partial charge in [-0.1, -0.05) is 12.1 Å². The molecule has 226 valence electrons. The van der Waals surface area contributed by atoms with E-state index in [-0.39, 0.29) is 41.2 Å². The molecule has 2 amide bonds. The summed E-state index contributed by atoms with van der Waals surface area (Å²) in [6.45, 7) is 3.84. The number of ether oxygens (including phenoxy) is 1. The van der Waals surface area contributed by atoms with Gasteiger partial charge in [0.2, 0.25) is 0 Å². The summed E-state index contributed by atoms with van der Waals surface area (Å²) in [7, 11) is 1.58. The number of aryl methyl sites for hydroxylation is 1. The Bertz CT molecular complexity index is 1460. The number of nitrogens with zero attached hydrogens (tertiary/aromatic N) is 3. The average Bonchev–Trinajstić information content (AvgIpc) is 3.03. The molecule has 3 aromatic rings. The average molecular weight is 591 g/mol. The van der Waals surface area contributed by atoms with E-state index in [0.717, 1.165) is 5.56 Å². The molecule has 3 heterocycles. The highest BCUT2D eigenvalue weighted by Gasteiger charge is 2.31. The Kier molecular flexibility index (Phi) is 9.45. The molecule has 10 heteroatoms. The fourth-order valence-electron chi connectivity index (χ4n) is 5.74. The molecule has 2 aliphatic rings. The largest absolute Gasteiger partial charge is 0.497 e. The van der Waals surface area contributed by atoms with Crippen LogP contribution in [0.1, 0.15) is 61.6 Å². The third kappa shape index (κ3) is 7.25. The van der Waals surface area contributed by atoms with Crippen LogP contribution < -0.4 is 10.1 Å². The Morgan fingerprint density at radius 3 is 2.33 bits per heavy atom. The minimum absolute atomic E-state index is 0.0624. The zero-order valence-corrected chi connectivity index (χ0v) is 24.4. The zero-order chi connectivity index (χ0) is 30.5. The van der Waals surface area contributed by atoms with Crippen LogP contribution in [-0.2, 0) is 6.54 Å². The van der Waals surface area contributed by atoms with Gasteiger partial charge in [-0.05, 0) is 79.8 Å². The number of halogens is 2. The molecule has 1 N–H and O–H groups in total. The number of pyridine rings is 1. The molecule has 0 aliphatic carbocycles. The van der Waals surface area contributed by atoms with Crippen molar-refractivity contribution < 1.29 is 27.9 Å². The number of methoxy groups -OCH3 is 1. The highest BCUT2D eigenvalue weighted by molar-refractivity contribution is 5.99. The van der Waals surface area contributed by atoms with Gasteiger partial charge in [0.05, 0.1) is 18.7 Å². The maximum absolute atomic E-state index is 15.0. The van der Waals surface area contributed by atoms with Crippen LogP contribution in [0.5, 0.6) is 5.75 Å². The van der Waals surface area contributed by atoms with Crippen molar-refractivity contribution in [1.82, 2.24) is 20.1 Å². The molecule has 2 aromatic carbocycles. The van der Waals surface area contributed by atoms with E-state index in [2.05, 4.69) is 10.3 Å². The summed E-state index contributed by atoms with van der Waals surface area (Å²) in [4.78, 5) is 46.6. The molecule has 2 fully saturated rings. The van der Waals surface area contributed by atoms with Gasteiger partial charge in [-0.25, -0.2) is 8.78 Å². The van der Waals surface area contributed by atoms with Gasteiger partial charge < -0.3 is 15.0 Å². The van der Waals surface area contributed by atoms with E-state index < -0.39 is 18.1 Å². The van der Waals surface area contributed by atoms with Crippen molar-refractivity contribution in [2.45, 2.75) is 44.9 Å². The first-order valence-corrected chi connectivity index (χ1v) is 14.6. The second-order valence-electron chi connectivity index (χ2n) is 11.3. The Morgan fingerprint density at radius 2 is 1.70 bits per heavy atom. The topological polar surface area (TPSA) is 91.8 Å². The van der Waals surface area contributed by atoms with Crippen molar-refractivity contribution in [2.24, 2.45) is 5.92 Å². The molecule has 2 atom stereocenters. The van der Waals surface area contributed by atoms with Gasteiger partial charge in [0, 0.05) is 50.4 Å². The third-order valence-electron chi connectivity index (χ3n) is 8.34. The van der Waals surface area contributed by atoms with Gasteiger partial charge in [-0.3, -0.25) is 24.3 Å². The van der Waals surface area contributed by atoms with E-state index in [9.17, 15) is 23.2 Å². The van der Waals surface area contributed by atoms with Crippen LogP contribution in [0, 0.1) is 18.7 Å². The lowest BCUT2D eigenvalue weighted by Gasteiger charge is -2.35. The number of carbonyl (C=O) groups is 3. The minimum atomic E-state index is -1.26. The molecule has 8 nitrogen and oxygen atoms in total. The predicted molar refractivity (Wildman–Crippen MR) is 157 cm³/mol. The number of hydrogen-bond acceptors (Lipinski definition) is 6. The number of nitrogens with one attached hydrogen (secondary N) is 1. The number of benzene rings is 2. The monoisotopic (exact) mass is 590 g/mol. The highest BCUT2D eigenvalue weighted by atomic mass is 19.1. The first-order chi connectivity index (χ1) is 20.7. The number of alkyl halides is 1. The molecule has 5 rings (SSSR count). The van der Waals surface area contributed by atoms with Crippen LogP contribution in [0.25, 0.3) is 0 Å². The van der Waals surface area contributed by atoms with E-state index >= 15 is 0 Å². The summed E-state index contributed by atoms with van der Waals surface area (Å²) in [6, 6.07) is 14.3. The number of ketones is 1. The molecule has 43 heavy (non-hydrogen) atoms. The summed E-state index contributed by atoms with van der Waals surface area (Å²) in [5.41, 5.74) is 2.56. The summed E-state index contributed by atoms with van der Waals surface area (Å²) in [5, 5.41) is 2.77. The quantitative estimate of drug-likeness (QED) is 0.385. The lowest BCUT2D eigenvalue weighted by molar-refractivity contribution is 0.0645. The molecule has 0 saturated carbocycles. The summed E-state index contributed by atoms with van der Waals surface area (Å²) in [6.07, 6.45) is 1.64. The molecule has 2 saturated heterocycles. The van der Waals surface area contributed by atoms with Crippen LogP contribution >= 0.6 is 0 Å². The molecule has 0 spiro atoms. The highest BCUT2D eigenvalue weighted by Crippen LogP contribution is 2.24. The predicted octanol–water partition coefficient (Wildman–Crippen LogP) is 4.62. The standard InChI is InChI=1S/C33H36F2N4O4/c1-21-17-22(3-9-27(21)34)19-38-14-13-29(28(35)20-38)37-32(41)25-6-10-30(36-18-25)33(42)39-15-11-24(12-16-39)31(40)23-4-7-26(43-2)8-5-23/h3-10,17-18,24,28-29H,11-16,19-20H2,1-2H3,(H,37,41)/t28-,29?/m1/s1. The van der Waals surface area contributed by atoms with Crippen molar-refractivity contribution in [1.29, 1.82) is 0 Å². The van der Waals surface area contributed by atoms with E-state index in [1.807, 2.05) is 4.90 Å². The Labute approximate surface area is 250 Å². The summed E-state index contributed by atoms with van der Waals surface area (Å²) < 4.78 is 33.7. The smallest absolute Gasteiger partial charge is 0.272 e. The van der Waals surface area contributed by atoms with Gasteiger partial charge in [0.15, 0.2) is 5.78 Å². The number of amides is 2. The maximum Gasteiger partial charge on any atom is 0.272 e. The van der Waals surface area contributed by atoms with Gasteiger partial charge in [0.25, 0.3) is 11.8 Å². The number of carbonyl (C=O) groups excluding carboxylic acids is 3. The molecule has 0 bridgehead atoms. The number of rotatable bonds is 8. The number of Topliss-reactive ketones (excluding diaryl/α,β-unsaturated/α-hetero) is 1. The van der Waals surface area contributed by atoms with E-state index in [1.54, 1.807) is 55.3 Å². The number of aromatic nitrogens is 1. The van der Waals surface area contributed by atoms with Crippen LogP contribution in [0.4, 0.5) is 8.78 Å². The number of piperidine rings is 2. The van der Waals surface area contributed by atoms with Crippen molar-refractivity contribution in [2.75, 3.05) is 33.3 Å². The minimum Gasteiger partial charge on any atom is -0.497 e. The van der Waals surface area contributed by atoms with Crippen molar-refractivity contribution in [3.63, 3.8) is 0 Å². The Balaban J connectivity index is 1.09. The molecule has 1 unspecified atom stereocenters.